The molecule has 28 heteroatoms. The van der Waals surface area contributed by atoms with Crippen molar-refractivity contribution in [3.63, 3.8) is 0 Å². The zero-order chi connectivity index (χ0) is 47.6. The smallest absolute Gasteiger partial charge is 0.422 e. The third kappa shape index (κ3) is 16.3. The fourth-order valence-corrected chi connectivity index (χ4v) is 10.1. The van der Waals surface area contributed by atoms with Crippen LogP contribution >= 0.6 is 23.5 Å². The molecule has 354 valence electrons. The van der Waals surface area contributed by atoms with Crippen molar-refractivity contribution in [1.29, 1.82) is 0 Å². The maximum Gasteiger partial charge on any atom is 0.490 e. The van der Waals surface area contributed by atoms with Gasteiger partial charge in [-0.25, -0.2) is 27.9 Å². The number of carbonyl (C=O) groups excluding carboxylic acids is 1. The number of nitrogens with two attached hydrogens (primary N) is 1. The molecule has 1 fully saturated rings. The molecule has 0 saturated carbocycles. The van der Waals surface area contributed by atoms with E-state index < -0.39 is 63.8 Å². The van der Waals surface area contributed by atoms with Gasteiger partial charge in [0, 0.05) is 67.0 Å². The summed E-state index contributed by atoms with van der Waals surface area (Å²) in [5.74, 6) is 4.76. The molecular formula is C37H48N6O18P3S+. The molecule has 0 spiro atoms. The second-order valence-corrected chi connectivity index (χ2v) is 20.5. The highest BCUT2D eigenvalue weighted by Crippen LogP contribution is 2.66. The lowest BCUT2D eigenvalue weighted by atomic mass is 10.1. The monoisotopic (exact) mass is 989 g/mol. The first-order valence-electron chi connectivity index (χ1n) is 19.9. The molecular weight excluding hydrogens is 941 g/mol. The van der Waals surface area contributed by atoms with Crippen LogP contribution < -0.4 is 31.8 Å². The number of phosphoric ester groups is 1. The van der Waals surface area contributed by atoms with Crippen LogP contribution in [-0.4, -0.2) is 86.1 Å². The van der Waals surface area contributed by atoms with Crippen molar-refractivity contribution in [2.75, 3.05) is 42.6 Å². The van der Waals surface area contributed by atoms with E-state index in [-0.39, 0.29) is 55.3 Å². The van der Waals surface area contributed by atoms with E-state index in [1.807, 2.05) is 25.1 Å². The second kappa shape index (κ2) is 22.2. The Morgan fingerprint density at radius 3 is 2.46 bits per heavy atom. The number of fused-ring (bicyclic) bond motifs is 1. The van der Waals surface area contributed by atoms with Crippen molar-refractivity contribution in [3.05, 3.63) is 81.5 Å². The Balaban J connectivity index is 1.04. The Morgan fingerprint density at radius 2 is 1.77 bits per heavy atom. The van der Waals surface area contributed by atoms with Gasteiger partial charge < -0.3 is 44.7 Å². The van der Waals surface area contributed by atoms with Gasteiger partial charge in [0.2, 0.25) is 5.91 Å². The molecule has 4 atom stereocenters. The molecule has 8 N–H and O–H groups in total. The van der Waals surface area contributed by atoms with E-state index >= 15 is 0 Å². The predicted molar refractivity (Wildman–Crippen MR) is 231 cm³/mol. The van der Waals surface area contributed by atoms with Crippen LogP contribution in [0.3, 0.4) is 0 Å². The standard InChI is InChI=1S/C37H47N6O18P3S/c1-2-42(29-11-10-27-22-31(36(45)59-32(27)23-29)26-14-19-41(20-15-26)17-7-21-65(54,55)56)18-5-3-4-9-33(44)39-16-6-8-28-24-43(37(46)40-35(28)38)34-13-12-30(58-34)25-57-63(50,51)61-64(52,53)60-62(47,48)49/h10-11,14-15,19-20,22-24,30,34H,2-5,7,9,12-13,16-18,21,25H2,1H3,(H7-,38,39,40,44,46,47,48,49,50,51,52,53,54,55,56)/p+1/t30-,34+/m0/s1. The van der Waals surface area contributed by atoms with Gasteiger partial charge in [-0.2, -0.15) is 22.0 Å². The number of anilines is 2. The van der Waals surface area contributed by atoms with Crippen LogP contribution in [0.25, 0.3) is 22.1 Å². The molecule has 2 unspecified atom stereocenters. The number of hydrogen-bond donors (Lipinski definition) is 7. The Kier molecular flexibility index (Phi) is 17.6. The summed E-state index contributed by atoms with van der Waals surface area (Å²) in [7, 11) is -20.7. The van der Waals surface area contributed by atoms with Crippen molar-refractivity contribution in [2.45, 2.75) is 70.7 Å². The number of nitrogens with zero attached hydrogens (tertiary/aromatic N) is 4. The second-order valence-electron chi connectivity index (χ2n) is 14.5. The van der Waals surface area contributed by atoms with Crippen molar-refractivity contribution in [2.24, 2.45) is 0 Å². The fourth-order valence-electron chi connectivity index (χ4n) is 6.60. The number of nitrogen functional groups attached to an aromatic ring is 1. The molecule has 1 aliphatic heterocycles. The van der Waals surface area contributed by atoms with Gasteiger partial charge in [0.05, 0.1) is 36.1 Å². The molecule has 4 aromatic rings. The SMILES string of the molecule is CCN(CCCCCC(=O)NCC#Cc1cn([C@H]2CC[C@@H](COP(=O)(O)OP(=O)(O)OP(=O)(O)O)O2)c(=O)nc1N)c1ccc2cc(-c3cc[n+](CCCS(=O)(=O)O)cc3)c(=O)oc2c1. The first-order chi connectivity index (χ1) is 30.5. The summed E-state index contributed by atoms with van der Waals surface area (Å²) >= 11 is 0. The van der Waals surface area contributed by atoms with Crippen molar-refractivity contribution in [1.82, 2.24) is 14.9 Å². The quantitative estimate of drug-likeness (QED) is 0.0149. The van der Waals surface area contributed by atoms with Crippen molar-refractivity contribution >= 4 is 62.0 Å². The normalized spacial score (nSPS) is 17.2. The van der Waals surface area contributed by atoms with Gasteiger partial charge in [-0.3, -0.25) is 18.4 Å². The minimum atomic E-state index is -5.69. The van der Waals surface area contributed by atoms with Gasteiger partial charge in [0.25, 0.3) is 10.1 Å². The summed E-state index contributed by atoms with van der Waals surface area (Å²) in [5.41, 5.74) is 7.06. The van der Waals surface area contributed by atoms with Crippen LogP contribution in [0.5, 0.6) is 0 Å². The number of carbonyl (C=O) groups is 1. The van der Waals surface area contributed by atoms with Gasteiger partial charge >= 0.3 is 34.8 Å². The first-order valence-corrected chi connectivity index (χ1v) is 26.0. The maximum atomic E-state index is 13.0. The van der Waals surface area contributed by atoms with Gasteiger partial charge in [-0.15, -0.1) is 0 Å². The molecule has 0 radical (unpaired) electrons. The number of ether oxygens (including phenoxy) is 1. The third-order valence-corrected chi connectivity index (χ3v) is 14.2. The van der Waals surface area contributed by atoms with Gasteiger partial charge in [0.15, 0.2) is 12.4 Å². The number of amides is 1. The molecule has 65 heavy (non-hydrogen) atoms. The van der Waals surface area contributed by atoms with E-state index in [4.69, 9.17) is 29.2 Å². The summed E-state index contributed by atoms with van der Waals surface area (Å²) < 4.78 is 91.5. The lowest BCUT2D eigenvalue weighted by Gasteiger charge is -2.23. The lowest BCUT2D eigenvalue weighted by Crippen LogP contribution is -2.33. The predicted octanol–water partition coefficient (Wildman–Crippen LogP) is 2.74. The summed E-state index contributed by atoms with van der Waals surface area (Å²) in [6.45, 7) is 3.04. The third-order valence-electron chi connectivity index (χ3n) is 9.63. The molecule has 0 aliphatic carbocycles. The van der Waals surface area contributed by atoms with Gasteiger partial charge in [-0.05, 0) is 50.8 Å². The number of benzene rings is 1. The molecule has 0 bridgehead atoms. The van der Waals surface area contributed by atoms with Gasteiger partial charge in [-0.1, -0.05) is 18.3 Å². The van der Waals surface area contributed by atoms with Crippen LogP contribution in [0.4, 0.5) is 11.5 Å². The van der Waals surface area contributed by atoms with Crippen LogP contribution in [-0.2, 0) is 53.0 Å². The molecule has 1 aromatic carbocycles. The number of phosphoric acid groups is 3. The number of aryl methyl sites for hydroxylation is 1. The number of pyridine rings is 1. The number of rotatable bonds is 22. The zero-order valence-corrected chi connectivity index (χ0v) is 38.2. The number of nitrogens with one attached hydrogen (secondary N) is 1. The Morgan fingerprint density at radius 1 is 1.03 bits per heavy atom. The highest BCUT2D eigenvalue weighted by molar-refractivity contribution is 7.85. The topological polar surface area (TPSA) is 351 Å². The number of hydrogen-bond acceptors (Lipinski definition) is 16. The summed E-state index contributed by atoms with van der Waals surface area (Å²) in [6, 6.07) is 10.9. The molecule has 1 saturated heterocycles. The van der Waals surface area contributed by atoms with Crippen molar-refractivity contribution in [3.8, 4) is 23.0 Å². The lowest BCUT2D eigenvalue weighted by molar-refractivity contribution is -0.696. The van der Waals surface area contributed by atoms with E-state index in [1.54, 1.807) is 35.2 Å². The molecule has 3 aromatic heterocycles. The summed E-state index contributed by atoms with van der Waals surface area (Å²) in [6.07, 6.45) is 5.86. The molecule has 24 nitrogen and oxygen atoms in total. The van der Waals surface area contributed by atoms with Crippen molar-refractivity contribution < 1.29 is 77.9 Å². The first kappa shape index (κ1) is 51.4. The van der Waals surface area contributed by atoms with E-state index in [1.165, 1.54) is 6.20 Å². The fraction of sp³-hybridized carbons (Fsp3) is 0.432. The Bertz CT molecular complexity index is 2790. The Labute approximate surface area is 371 Å². The van der Waals surface area contributed by atoms with Crippen LogP contribution in [0.1, 0.15) is 63.7 Å². The molecule has 5 rings (SSSR count). The molecule has 1 aliphatic rings. The van der Waals surface area contributed by atoms with Crippen LogP contribution in [0, 0.1) is 11.8 Å². The Hall–Kier alpha value is -4.63. The minimum absolute atomic E-state index is 0.0312. The van der Waals surface area contributed by atoms with Crippen LogP contribution in [0.15, 0.2) is 69.0 Å². The maximum absolute atomic E-state index is 13.0. The minimum Gasteiger partial charge on any atom is -0.422 e. The summed E-state index contributed by atoms with van der Waals surface area (Å²) in [4.78, 5) is 80.3. The average molecular weight is 990 g/mol. The molecule has 1 amide bonds. The molecule has 4 heterocycles. The zero-order valence-electron chi connectivity index (χ0n) is 34.7. The average Bonchev–Trinajstić information content (AvgIpc) is 3.68. The highest BCUT2D eigenvalue weighted by atomic mass is 32.2. The largest absolute Gasteiger partial charge is 0.490 e. The summed E-state index contributed by atoms with van der Waals surface area (Å²) in [5, 5.41) is 3.45. The number of aromatic nitrogens is 3. The van der Waals surface area contributed by atoms with Crippen LogP contribution in [0.2, 0.25) is 0 Å². The van der Waals surface area contributed by atoms with E-state index in [2.05, 4.69) is 40.2 Å². The van der Waals surface area contributed by atoms with E-state index in [0.29, 0.717) is 42.8 Å². The van der Waals surface area contributed by atoms with E-state index in [0.717, 1.165) is 28.5 Å². The van der Waals surface area contributed by atoms with E-state index in [9.17, 15) is 46.3 Å². The highest BCUT2D eigenvalue weighted by Gasteiger charge is 2.41. The number of unbranched alkanes of at least 4 members (excludes halogenated alkanes) is 2. The van der Waals surface area contributed by atoms with Gasteiger partial charge in [0.1, 0.15) is 24.2 Å².